The molecule has 2 rings (SSSR count). The van der Waals surface area contributed by atoms with Crippen molar-refractivity contribution >= 4 is 41.9 Å². The Morgan fingerprint density at radius 2 is 2.05 bits per heavy atom. The SMILES string of the molecule is Cc1cc(Br)c(S(=O)(=O)NCC2CCCCO2)cc1Br. The van der Waals surface area contributed by atoms with Gasteiger partial charge in [0.1, 0.15) is 0 Å². The van der Waals surface area contributed by atoms with Crippen LogP contribution in [0.15, 0.2) is 26.0 Å². The van der Waals surface area contributed by atoms with Crippen LogP contribution in [-0.2, 0) is 14.8 Å². The molecular weight excluding hydrogens is 410 g/mol. The first-order valence-corrected chi connectivity index (χ1v) is 9.54. The van der Waals surface area contributed by atoms with Crippen molar-refractivity contribution in [1.29, 1.82) is 0 Å². The molecule has 1 atom stereocenters. The minimum absolute atomic E-state index is 0.0220. The van der Waals surface area contributed by atoms with E-state index in [-0.39, 0.29) is 11.0 Å². The van der Waals surface area contributed by atoms with Crippen molar-refractivity contribution in [2.45, 2.75) is 37.2 Å². The molecule has 4 nitrogen and oxygen atoms in total. The molecule has 0 saturated carbocycles. The Morgan fingerprint density at radius 3 is 2.70 bits per heavy atom. The molecule has 0 amide bonds. The molecular formula is C13H17Br2NO3S. The fraction of sp³-hybridized carbons (Fsp3) is 0.538. The molecule has 0 radical (unpaired) electrons. The summed E-state index contributed by atoms with van der Waals surface area (Å²) in [5.74, 6) is 0. The minimum atomic E-state index is -3.54. The van der Waals surface area contributed by atoms with E-state index < -0.39 is 10.0 Å². The summed E-state index contributed by atoms with van der Waals surface area (Å²) in [5, 5.41) is 0. The number of hydrogen-bond acceptors (Lipinski definition) is 3. The normalized spacial score (nSPS) is 20.1. The summed E-state index contributed by atoms with van der Waals surface area (Å²) in [7, 11) is -3.54. The third kappa shape index (κ3) is 4.04. The van der Waals surface area contributed by atoms with Gasteiger partial charge >= 0.3 is 0 Å². The van der Waals surface area contributed by atoms with Crippen LogP contribution in [0, 0.1) is 6.92 Å². The quantitative estimate of drug-likeness (QED) is 0.802. The van der Waals surface area contributed by atoms with Crippen molar-refractivity contribution in [2.24, 2.45) is 0 Å². The maximum Gasteiger partial charge on any atom is 0.241 e. The van der Waals surface area contributed by atoms with Gasteiger partial charge in [-0.2, -0.15) is 0 Å². The largest absolute Gasteiger partial charge is 0.377 e. The van der Waals surface area contributed by atoms with Crippen LogP contribution in [0.3, 0.4) is 0 Å². The second kappa shape index (κ2) is 6.87. The van der Waals surface area contributed by atoms with Crippen LogP contribution in [-0.4, -0.2) is 27.7 Å². The predicted molar refractivity (Wildman–Crippen MR) is 85.4 cm³/mol. The smallest absolute Gasteiger partial charge is 0.241 e. The number of nitrogens with one attached hydrogen (secondary N) is 1. The highest BCUT2D eigenvalue weighted by Crippen LogP contribution is 2.28. The first-order chi connectivity index (χ1) is 9.40. The monoisotopic (exact) mass is 425 g/mol. The molecule has 1 aromatic rings. The number of rotatable bonds is 4. The lowest BCUT2D eigenvalue weighted by Gasteiger charge is -2.22. The Balaban J connectivity index is 2.11. The lowest BCUT2D eigenvalue weighted by atomic mass is 10.1. The third-order valence-corrected chi connectivity index (χ3v) is 6.51. The molecule has 112 valence electrons. The van der Waals surface area contributed by atoms with E-state index in [0.29, 0.717) is 17.6 Å². The van der Waals surface area contributed by atoms with Crippen LogP contribution in [0.2, 0.25) is 0 Å². The summed E-state index contributed by atoms with van der Waals surface area (Å²) in [4.78, 5) is 0.241. The van der Waals surface area contributed by atoms with Crippen LogP contribution >= 0.6 is 31.9 Å². The molecule has 1 saturated heterocycles. The zero-order valence-corrected chi connectivity index (χ0v) is 15.1. The summed E-state index contributed by atoms with van der Waals surface area (Å²) in [5.41, 5.74) is 0.978. The van der Waals surface area contributed by atoms with Gasteiger partial charge in [0, 0.05) is 22.1 Å². The number of benzene rings is 1. The fourth-order valence-electron chi connectivity index (χ4n) is 2.08. The summed E-state index contributed by atoms with van der Waals surface area (Å²) in [6.07, 6.45) is 3.03. The molecule has 1 aromatic carbocycles. The molecule has 0 bridgehead atoms. The summed E-state index contributed by atoms with van der Waals surface area (Å²) >= 11 is 6.67. The molecule has 1 aliphatic heterocycles. The summed E-state index contributed by atoms with van der Waals surface area (Å²) < 4.78 is 34.2. The lowest BCUT2D eigenvalue weighted by Crippen LogP contribution is -2.35. The Labute approximate surface area is 136 Å². The van der Waals surface area contributed by atoms with Crippen molar-refractivity contribution in [1.82, 2.24) is 4.72 Å². The van der Waals surface area contributed by atoms with Gasteiger partial charge in [0.2, 0.25) is 10.0 Å². The predicted octanol–water partition coefficient (Wildman–Crippen LogP) is 3.37. The number of aryl methyl sites for hydroxylation is 1. The van der Waals surface area contributed by atoms with Crippen molar-refractivity contribution < 1.29 is 13.2 Å². The van der Waals surface area contributed by atoms with E-state index in [2.05, 4.69) is 36.6 Å². The van der Waals surface area contributed by atoms with E-state index >= 15 is 0 Å². The van der Waals surface area contributed by atoms with E-state index in [1.807, 2.05) is 6.92 Å². The average molecular weight is 427 g/mol. The van der Waals surface area contributed by atoms with Crippen LogP contribution < -0.4 is 4.72 Å². The van der Waals surface area contributed by atoms with Gasteiger partial charge in [-0.05, 0) is 59.8 Å². The average Bonchev–Trinajstić information content (AvgIpc) is 2.42. The van der Waals surface area contributed by atoms with Gasteiger partial charge in [0.05, 0.1) is 11.0 Å². The number of hydrogen-bond donors (Lipinski definition) is 1. The third-order valence-electron chi connectivity index (χ3n) is 3.28. The van der Waals surface area contributed by atoms with E-state index in [1.54, 1.807) is 12.1 Å². The van der Waals surface area contributed by atoms with E-state index in [0.717, 1.165) is 29.3 Å². The topological polar surface area (TPSA) is 55.4 Å². The van der Waals surface area contributed by atoms with Gasteiger partial charge in [-0.25, -0.2) is 13.1 Å². The summed E-state index contributed by atoms with van der Waals surface area (Å²) in [6, 6.07) is 3.40. The zero-order valence-electron chi connectivity index (χ0n) is 11.2. The van der Waals surface area contributed by atoms with Crippen molar-refractivity contribution in [3.63, 3.8) is 0 Å². The lowest BCUT2D eigenvalue weighted by molar-refractivity contribution is 0.0200. The Hall–Kier alpha value is 0.0500. The molecule has 1 heterocycles. The first-order valence-electron chi connectivity index (χ1n) is 6.47. The highest BCUT2D eigenvalue weighted by Gasteiger charge is 2.22. The van der Waals surface area contributed by atoms with E-state index in [1.165, 1.54) is 0 Å². The number of halogens is 2. The zero-order chi connectivity index (χ0) is 14.8. The highest BCUT2D eigenvalue weighted by molar-refractivity contribution is 9.11. The minimum Gasteiger partial charge on any atom is -0.377 e. The fourth-order valence-corrected chi connectivity index (χ4v) is 4.82. The van der Waals surface area contributed by atoms with Gasteiger partial charge in [-0.3, -0.25) is 0 Å². The molecule has 20 heavy (non-hydrogen) atoms. The van der Waals surface area contributed by atoms with Gasteiger partial charge in [-0.1, -0.05) is 15.9 Å². The summed E-state index contributed by atoms with van der Waals surface area (Å²) in [6.45, 7) is 2.95. The van der Waals surface area contributed by atoms with E-state index in [4.69, 9.17) is 4.74 Å². The van der Waals surface area contributed by atoms with Crippen molar-refractivity contribution in [3.05, 3.63) is 26.6 Å². The van der Waals surface area contributed by atoms with Gasteiger partial charge in [0.15, 0.2) is 0 Å². The maximum atomic E-state index is 12.3. The highest BCUT2D eigenvalue weighted by atomic mass is 79.9. The number of sulfonamides is 1. The molecule has 1 N–H and O–H groups in total. The van der Waals surface area contributed by atoms with Crippen LogP contribution in [0.4, 0.5) is 0 Å². The van der Waals surface area contributed by atoms with Gasteiger partial charge in [-0.15, -0.1) is 0 Å². The molecule has 0 spiro atoms. The van der Waals surface area contributed by atoms with Crippen LogP contribution in [0.1, 0.15) is 24.8 Å². The molecule has 1 fully saturated rings. The van der Waals surface area contributed by atoms with Crippen molar-refractivity contribution in [2.75, 3.05) is 13.2 Å². The maximum absolute atomic E-state index is 12.3. The molecule has 0 aromatic heterocycles. The van der Waals surface area contributed by atoms with Gasteiger partial charge < -0.3 is 4.74 Å². The van der Waals surface area contributed by atoms with Crippen LogP contribution in [0.5, 0.6) is 0 Å². The van der Waals surface area contributed by atoms with Crippen molar-refractivity contribution in [3.8, 4) is 0 Å². The molecule has 0 aliphatic carbocycles. The van der Waals surface area contributed by atoms with Crippen LogP contribution in [0.25, 0.3) is 0 Å². The second-order valence-corrected chi connectivity index (χ2v) is 8.32. The van der Waals surface area contributed by atoms with E-state index in [9.17, 15) is 8.42 Å². The first kappa shape index (κ1) is 16.4. The Bertz CT molecular complexity index is 584. The molecule has 1 aliphatic rings. The molecule has 1 unspecified atom stereocenters. The Kier molecular flexibility index (Phi) is 5.64. The number of ether oxygens (including phenoxy) is 1. The standard InChI is InChI=1S/C13H17Br2NO3S/c1-9-6-12(15)13(7-11(9)14)20(17,18)16-8-10-4-2-3-5-19-10/h6-7,10,16H,2-5,8H2,1H3. The van der Waals surface area contributed by atoms with Gasteiger partial charge in [0.25, 0.3) is 0 Å². The molecule has 7 heteroatoms. The Morgan fingerprint density at radius 1 is 1.30 bits per heavy atom. The second-order valence-electron chi connectivity index (χ2n) is 4.87.